The first-order chi connectivity index (χ1) is 4.55. The standard InChI is InChI=1S/C7H11BN2/c1-5-6(2)9(4)10(8)7(5)3/h5H,2-3H2,1,4H3. The van der Waals surface area contributed by atoms with Gasteiger partial charge in [-0.15, -0.1) is 0 Å². The molecule has 0 aliphatic carbocycles. The molecular weight excluding hydrogens is 123 g/mol. The van der Waals surface area contributed by atoms with Crippen LogP contribution in [0.15, 0.2) is 24.6 Å². The maximum Gasteiger partial charge on any atom is 0.261 e. The molecule has 1 saturated heterocycles. The van der Waals surface area contributed by atoms with Crippen LogP contribution in [0.3, 0.4) is 0 Å². The van der Waals surface area contributed by atoms with Crippen LogP contribution in [0.25, 0.3) is 0 Å². The molecule has 1 aliphatic heterocycles. The summed E-state index contributed by atoms with van der Waals surface area (Å²) in [6.45, 7) is 9.71. The van der Waals surface area contributed by atoms with Crippen LogP contribution in [0, 0.1) is 5.92 Å². The molecule has 0 aromatic heterocycles. The van der Waals surface area contributed by atoms with Gasteiger partial charge >= 0.3 is 0 Å². The molecule has 1 unspecified atom stereocenters. The Morgan fingerprint density at radius 1 is 1.40 bits per heavy atom. The van der Waals surface area contributed by atoms with Gasteiger partial charge in [0.05, 0.1) is 0 Å². The summed E-state index contributed by atoms with van der Waals surface area (Å²) in [5.74, 6) is 0.273. The predicted octanol–water partition coefficient (Wildman–Crippen LogP) is 0.896. The van der Waals surface area contributed by atoms with Gasteiger partial charge in [-0.1, -0.05) is 20.1 Å². The summed E-state index contributed by atoms with van der Waals surface area (Å²) in [7, 11) is 7.47. The van der Waals surface area contributed by atoms with Crippen LogP contribution >= 0.6 is 0 Å². The maximum atomic E-state index is 5.60. The van der Waals surface area contributed by atoms with Crippen molar-refractivity contribution in [1.82, 2.24) is 9.93 Å². The molecule has 52 valence electrons. The normalized spacial score (nSPS) is 26.4. The molecule has 0 spiro atoms. The summed E-state index contributed by atoms with van der Waals surface area (Å²) in [6, 6.07) is 0. The second-order valence-electron chi connectivity index (χ2n) is 2.57. The van der Waals surface area contributed by atoms with E-state index in [1.807, 2.05) is 14.0 Å². The lowest BCUT2D eigenvalue weighted by Gasteiger charge is -2.24. The van der Waals surface area contributed by atoms with Gasteiger partial charge in [0.2, 0.25) is 0 Å². The zero-order chi connectivity index (χ0) is 7.89. The van der Waals surface area contributed by atoms with Crippen molar-refractivity contribution < 1.29 is 0 Å². The topological polar surface area (TPSA) is 6.48 Å². The molecule has 2 nitrogen and oxygen atoms in total. The van der Waals surface area contributed by atoms with Gasteiger partial charge in [-0.2, -0.15) is 0 Å². The second-order valence-corrected chi connectivity index (χ2v) is 2.57. The molecule has 3 heteroatoms. The van der Waals surface area contributed by atoms with Crippen molar-refractivity contribution in [2.75, 3.05) is 7.05 Å². The number of hydrogen-bond acceptors (Lipinski definition) is 2. The molecule has 0 aromatic carbocycles. The Morgan fingerprint density at radius 3 is 2.00 bits per heavy atom. The highest BCUT2D eigenvalue weighted by Crippen LogP contribution is 2.30. The molecule has 2 radical (unpaired) electrons. The van der Waals surface area contributed by atoms with Crippen molar-refractivity contribution in [3.05, 3.63) is 24.6 Å². The highest BCUT2D eigenvalue weighted by atomic mass is 15.6. The second kappa shape index (κ2) is 2.08. The Labute approximate surface area is 63.2 Å². The zero-order valence-electron chi connectivity index (χ0n) is 6.46. The lowest BCUT2D eigenvalue weighted by Crippen LogP contribution is -2.27. The number of rotatable bonds is 0. The molecule has 1 aliphatic rings. The third-order valence-corrected chi connectivity index (χ3v) is 2.03. The van der Waals surface area contributed by atoms with E-state index in [0.29, 0.717) is 0 Å². The van der Waals surface area contributed by atoms with E-state index in [-0.39, 0.29) is 5.92 Å². The van der Waals surface area contributed by atoms with E-state index in [1.54, 1.807) is 5.01 Å². The van der Waals surface area contributed by atoms with Crippen LogP contribution in [0.5, 0.6) is 0 Å². The van der Waals surface area contributed by atoms with E-state index in [2.05, 4.69) is 13.2 Å². The molecule has 0 N–H and O–H groups in total. The van der Waals surface area contributed by atoms with Crippen molar-refractivity contribution in [3.63, 3.8) is 0 Å². The lowest BCUT2D eigenvalue weighted by molar-refractivity contribution is 0.226. The molecule has 0 bridgehead atoms. The monoisotopic (exact) mass is 134 g/mol. The number of hydrazine groups is 1. The minimum absolute atomic E-state index is 0.273. The average molecular weight is 134 g/mol. The fraction of sp³-hybridized carbons (Fsp3) is 0.429. The quantitative estimate of drug-likeness (QED) is 0.454. The first kappa shape index (κ1) is 7.25. The van der Waals surface area contributed by atoms with Gasteiger partial charge in [0, 0.05) is 24.4 Å². The van der Waals surface area contributed by atoms with Crippen molar-refractivity contribution in [2.24, 2.45) is 5.92 Å². The van der Waals surface area contributed by atoms with E-state index in [9.17, 15) is 0 Å². The van der Waals surface area contributed by atoms with Crippen LogP contribution in [0.4, 0.5) is 0 Å². The number of nitrogens with zero attached hydrogens (tertiary/aromatic N) is 2. The van der Waals surface area contributed by atoms with Gasteiger partial charge in [-0.3, -0.25) is 0 Å². The Balaban J connectivity index is 2.89. The molecule has 10 heavy (non-hydrogen) atoms. The van der Waals surface area contributed by atoms with Crippen molar-refractivity contribution in [1.29, 1.82) is 0 Å². The molecule has 1 fully saturated rings. The summed E-state index contributed by atoms with van der Waals surface area (Å²) in [5, 5.41) is 1.80. The minimum atomic E-state index is 0.273. The SMILES string of the molecule is [B]N1C(=C)C(C)C(=C)N1C. The van der Waals surface area contributed by atoms with Gasteiger partial charge < -0.3 is 9.93 Å². The summed E-state index contributed by atoms with van der Waals surface area (Å²) in [4.78, 5) is 1.52. The third kappa shape index (κ3) is 0.736. The lowest BCUT2D eigenvalue weighted by atomic mass is 10.1. The Bertz CT molecular complexity index is 168. The average Bonchev–Trinajstić information content (AvgIpc) is 2.07. The molecule has 1 rings (SSSR count). The van der Waals surface area contributed by atoms with E-state index < -0.39 is 0 Å². The van der Waals surface area contributed by atoms with E-state index in [0.717, 1.165) is 11.4 Å². The van der Waals surface area contributed by atoms with Crippen molar-refractivity contribution in [3.8, 4) is 0 Å². The molecule has 1 atom stereocenters. The predicted molar refractivity (Wildman–Crippen MR) is 42.8 cm³/mol. The van der Waals surface area contributed by atoms with Gasteiger partial charge in [0.25, 0.3) is 7.98 Å². The van der Waals surface area contributed by atoms with Crippen LogP contribution < -0.4 is 0 Å². The highest BCUT2D eigenvalue weighted by Gasteiger charge is 2.26. The van der Waals surface area contributed by atoms with Crippen LogP contribution in [-0.2, 0) is 0 Å². The first-order valence-corrected chi connectivity index (χ1v) is 3.21. The smallest absolute Gasteiger partial charge is 0.261 e. The minimum Gasteiger partial charge on any atom is -0.348 e. The zero-order valence-corrected chi connectivity index (χ0v) is 6.46. The number of hydrogen-bond donors (Lipinski definition) is 0. The Kier molecular flexibility index (Phi) is 1.51. The van der Waals surface area contributed by atoms with Gasteiger partial charge in [-0.25, -0.2) is 0 Å². The van der Waals surface area contributed by atoms with Gasteiger partial charge in [0.15, 0.2) is 0 Å². The largest absolute Gasteiger partial charge is 0.348 e. The van der Waals surface area contributed by atoms with Crippen molar-refractivity contribution in [2.45, 2.75) is 6.92 Å². The molecule has 0 aromatic rings. The van der Waals surface area contributed by atoms with Crippen LogP contribution in [0.1, 0.15) is 6.92 Å². The Morgan fingerprint density at radius 2 is 1.90 bits per heavy atom. The molecular formula is C7H11BN2. The summed E-state index contributed by atoms with van der Waals surface area (Å²) in [6.07, 6.45) is 0. The third-order valence-electron chi connectivity index (χ3n) is 2.03. The maximum absolute atomic E-state index is 5.60. The Hall–Kier alpha value is -0.855. The summed E-state index contributed by atoms with van der Waals surface area (Å²) in [5.41, 5.74) is 1.89. The van der Waals surface area contributed by atoms with E-state index >= 15 is 0 Å². The van der Waals surface area contributed by atoms with E-state index in [4.69, 9.17) is 7.98 Å². The fourth-order valence-corrected chi connectivity index (χ4v) is 1.00. The highest BCUT2D eigenvalue weighted by molar-refractivity contribution is 6.05. The van der Waals surface area contributed by atoms with Gasteiger partial charge in [0.1, 0.15) is 0 Å². The first-order valence-electron chi connectivity index (χ1n) is 3.21. The molecule has 1 heterocycles. The summed E-state index contributed by atoms with van der Waals surface area (Å²) >= 11 is 0. The summed E-state index contributed by atoms with van der Waals surface area (Å²) < 4.78 is 0. The molecule has 0 amide bonds. The fourth-order valence-electron chi connectivity index (χ4n) is 1.00. The molecule has 0 saturated carbocycles. The van der Waals surface area contributed by atoms with E-state index in [1.165, 1.54) is 4.92 Å². The van der Waals surface area contributed by atoms with Crippen LogP contribution in [0.2, 0.25) is 0 Å². The van der Waals surface area contributed by atoms with Crippen molar-refractivity contribution >= 4 is 7.98 Å². The van der Waals surface area contributed by atoms with Crippen LogP contribution in [-0.4, -0.2) is 25.0 Å². The van der Waals surface area contributed by atoms with Gasteiger partial charge in [-0.05, 0) is 0 Å².